The van der Waals surface area contributed by atoms with E-state index >= 15 is 0 Å². The predicted octanol–water partition coefficient (Wildman–Crippen LogP) is 0.489. The van der Waals surface area contributed by atoms with Crippen LogP contribution in [0, 0.1) is 0 Å². The monoisotopic (exact) mass is 230 g/mol. The number of anilines is 2. The Morgan fingerprint density at radius 1 is 1.40 bits per heavy atom. The molecule has 0 aliphatic heterocycles. The first kappa shape index (κ1) is 11.3. The highest BCUT2D eigenvalue weighted by Crippen LogP contribution is 2.18. The average Bonchev–Trinajstić information content (AvgIpc) is 2.06. The molecule has 82 valence electrons. The number of hydrogen-bond donors (Lipinski definition) is 2. The van der Waals surface area contributed by atoms with Gasteiger partial charge in [0.15, 0.2) is 0 Å². The van der Waals surface area contributed by atoms with Crippen LogP contribution in [0.1, 0.15) is 6.92 Å². The van der Waals surface area contributed by atoms with Crippen LogP contribution in [0.5, 0.6) is 0 Å². The summed E-state index contributed by atoms with van der Waals surface area (Å²) in [5, 5.41) is 0. The van der Waals surface area contributed by atoms with Crippen molar-refractivity contribution in [2.75, 3.05) is 10.5 Å². The van der Waals surface area contributed by atoms with Crippen LogP contribution in [0.3, 0.4) is 0 Å². The van der Waals surface area contributed by atoms with E-state index in [1.807, 2.05) is 4.72 Å². The summed E-state index contributed by atoms with van der Waals surface area (Å²) in [7, 11) is -4.14. The third kappa shape index (κ3) is 3.47. The Balaban J connectivity index is 2.87. The molecule has 0 saturated heterocycles. The fraction of sp³-hybridized carbons (Fsp3) is 0.125. The number of rotatable bonds is 3. The van der Waals surface area contributed by atoms with Gasteiger partial charge in [-0.15, -0.1) is 0 Å². The van der Waals surface area contributed by atoms with E-state index < -0.39 is 16.3 Å². The Bertz CT molecular complexity index is 469. The van der Waals surface area contributed by atoms with Gasteiger partial charge in [0.25, 0.3) is 0 Å². The predicted molar refractivity (Wildman–Crippen MR) is 55.2 cm³/mol. The van der Waals surface area contributed by atoms with Gasteiger partial charge in [0.05, 0.1) is 11.4 Å². The van der Waals surface area contributed by atoms with Gasteiger partial charge in [-0.1, -0.05) is 12.1 Å². The SMILES string of the molecule is CC(=O)OS(=O)(=O)Nc1ccccc1N. The number of para-hydroxylation sites is 2. The van der Waals surface area contributed by atoms with Crippen molar-refractivity contribution in [3.05, 3.63) is 24.3 Å². The highest BCUT2D eigenvalue weighted by Gasteiger charge is 2.14. The van der Waals surface area contributed by atoms with Crippen molar-refractivity contribution in [3.8, 4) is 0 Å². The molecule has 0 atom stereocenters. The Morgan fingerprint density at radius 2 is 2.00 bits per heavy atom. The van der Waals surface area contributed by atoms with Crippen LogP contribution in [0.15, 0.2) is 24.3 Å². The number of nitrogens with two attached hydrogens (primary N) is 1. The van der Waals surface area contributed by atoms with E-state index in [0.717, 1.165) is 6.92 Å². The van der Waals surface area contributed by atoms with Gasteiger partial charge >= 0.3 is 16.3 Å². The topological polar surface area (TPSA) is 98.5 Å². The summed E-state index contributed by atoms with van der Waals surface area (Å²) >= 11 is 0. The van der Waals surface area contributed by atoms with Crippen LogP contribution in [0.2, 0.25) is 0 Å². The minimum absolute atomic E-state index is 0.166. The minimum atomic E-state index is -4.14. The molecule has 0 unspecified atom stereocenters. The van der Waals surface area contributed by atoms with Gasteiger partial charge in [0.2, 0.25) is 0 Å². The second-order valence-corrected chi connectivity index (χ2v) is 4.00. The molecule has 0 aromatic heterocycles. The molecule has 0 amide bonds. The standard InChI is InChI=1S/C8H10N2O4S/c1-6(11)14-15(12,13)10-8-5-3-2-4-7(8)9/h2-5,10H,9H2,1H3. The summed E-state index contributed by atoms with van der Waals surface area (Å²) in [5.41, 5.74) is 5.90. The molecule has 0 bridgehead atoms. The van der Waals surface area contributed by atoms with Gasteiger partial charge in [-0.3, -0.25) is 4.79 Å². The van der Waals surface area contributed by atoms with Crippen LogP contribution in [-0.2, 0) is 19.3 Å². The molecular weight excluding hydrogens is 220 g/mol. The van der Waals surface area contributed by atoms with Gasteiger partial charge in [-0.25, -0.2) is 4.72 Å². The third-order valence-corrected chi connectivity index (χ3v) is 2.35. The first-order valence-corrected chi connectivity index (χ1v) is 5.39. The molecule has 0 heterocycles. The summed E-state index contributed by atoms with van der Waals surface area (Å²) in [4.78, 5) is 10.5. The molecule has 1 rings (SSSR count). The maximum atomic E-state index is 11.2. The van der Waals surface area contributed by atoms with E-state index in [1.165, 1.54) is 12.1 Å². The van der Waals surface area contributed by atoms with E-state index in [2.05, 4.69) is 4.18 Å². The van der Waals surface area contributed by atoms with Gasteiger partial charge < -0.3 is 9.92 Å². The highest BCUT2D eigenvalue weighted by molar-refractivity contribution is 7.88. The lowest BCUT2D eigenvalue weighted by molar-refractivity contribution is -0.131. The van der Waals surface area contributed by atoms with Gasteiger partial charge in [-0.05, 0) is 12.1 Å². The zero-order valence-corrected chi connectivity index (χ0v) is 8.74. The quantitative estimate of drug-likeness (QED) is 0.736. The van der Waals surface area contributed by atoms with E-state index in [-0.39, 0.29) is 11.4 Å². The Hall–Kier alpha value is -1.76. The zero-order valence-electron chi connectivity index (χ0n) is 7.93. The van der Waals surface area contributed by atoms with Crippen LogP contribution >= 0.6 is 0 Å². The fourth-order valence-corrected chi connectivity index (χ4v) is 1.71. The second kappa shape index (κ2) is 4.18. The number of carbonyl (C=O) groups is 1. The average molecular weight is 230 g/mol. The second-order valence-electron chi connectivity index (χ2n) is 2.72. The summed E-state index contributed by atoms with van der Waals surface area (Å²) < 4.78 is 28.4. The first-order chi connectivity index (χ1) is 6.91. The molecule has 15 heavy (non-hydrogen) atoms. The van der Waals surface area contributed by atoms with Crippen LogP contribution in [0.4, 0.5) is 11.4 Å². The van der Waals surface area contributed by atoms with E-state index in [4.69, 9.17) is 5.73 Å². The number of hydrogen-bond acceptors (Lipinski definition) is 5. The molecule has 0 aliphatic rings. The zero-order chi connectivity index (χ0) is 11.5. The largest absolute Gasteiger partial charge is 0.410 e. The lowest BCUT2D eigenvalue weighted by Crippen LogP contribution is -2.19. The van der Waals surface area contributed by atoms with Crippen LogP contribution < -0.4 is 10.5 Å². The lowest BCUT2D eigenvalue weighted by Gasteiger charge is -2.08. The van der Waals surface area contributed by atoms with Crippen LogP contribution in [0.25, 0.3) is 0 Å². The van der Waals surface area contributed by atoms with E-state index in [9.17, 15) is 13.2 Å². The van der Waals surface area contributed by atoms with Crippen molar-refractivity contribution >= 4 is 27.6 Å². The lowest BCUT2D eigenvalue weighted by atomic mass is 10.3. The summed E-state index contributed by atoms with van der Waals surface area (Å²) in [6.07, 6.45) is 0. The highest BCUT2D eigenvalue weighted by atomic mass is 32.2. The molecule has 0 fully saturated rings. The number of benzene rings is 1. The maximum absolute atomic E-state index is 11.2. The Labute approximate surface area is 87.3 Å². The molecule has 7 heteroatoms. The maximum Gasteiger partial charge on any atom is 0.410 e. The number of nitrogen functional groups attached to an aromatic ring is 1. The van der Waals surface area contributed by atoms with Crippen molar-refractivity contribution in [2.24, 2.45) is 0 Å². The molecule has 0 radical (unpaired) electrons. The normalized spacial score (nSPS) is 10.7. The summed E-state index contributed by atoms with van der Waals surface area (Å²) in [6, 6.07) is 6.23. The molecular formula is C8H10N2O4S. The first-order valence-electron chi connectivity index (χ1n) is 3.98. The smallest absolute Gasteiger partial charge is 0.397 e. The Morgan fingerprint density at radius 3 is 2.53 bits per heavy atom. The molecule has 0 aliphatic carbocycles. The van der Waals surface area contributed by atoms with Crippen molar-refractivity contribution in [1.82, 2.24) is 0 Å². The molecule has 0 spiro atoms. The number of nitrogens with one attached hydrogen (secondary N) is 1. The third-order valence-electron chi connectivity index (χ3n) is 1.42. The summed E-state index contributed by atoms with van der Waals surface area (Å²) in [5.74, 6) is -0.919. The van der Waals surface area contributed by atoms with Crippen molar-refractivity contribution in [3.63, 3.8) is 0 Å². The van der Waals surface area contributed by atoms with Gasteiger partial charge in [0, 0.05) is 6.92 Å². The molecule has 6 nitrogen and oxygen atoms in total. The van der Waals surface area contributed by atoms with E-state index in [1.54, 1.807) is 12.1 Å². The molecule has 0 saturated carbocycles. The molecule has 1 aromatic carbocycles. The number of carbonyl (C=O) groups excluding carboxylic acids is 1. The minimum Gasteiger partial charge on any atom is -0.397 e. The van der Waals surface area contributed by atoms with Crippen molar-refractivity contribution < 1.29 is 17.4 Å². The molecule has 3 N–H and O–H groups in total. The van der Waals surface area contributed by atoms with Crippen molar-refractivity contribution in [2.45, 2.75) is 6.92 Å². The van der Waals surface area contributed by atoms with E-state index in [0.29, 0.717) is 0 Å². The molecule has 1 aromatic rings. The summed E-state index contributed by atoms with van der Waals surface area (Å²) in [6.45, 7) is 0.994. The van der Waals surface area contributed by atoms with Crippen molar-refractivity contribution in [1.29, 1.82) is 0 Å². The fourth-order valence-electron chi connectivity index (χ4n) is 0.900. The van der Waals surface area contributed by atoms with Gasteiger partial charge in [-0.2, -0.15) is 8.42 Å². The van der Waals surface area contributed by atoms with Crippen LogP contribution in [-0.4, -0.2) is 14.4 Å². The Kier molecular flexibility index (Phi) is 3.15. The van der Waals surface area contributed by atoms with Gasteiger partial charge in [0.1, 0.15) is 0 Å².